The summed E-state index contributed by atoms with van der Waals surface area (Å²) in [7, 11) is 0. The molecule has 112 valence electrons. The van der Waals surface area contributed by atoms with Crippen molar-refractivity contribution in [3.05, 3.63) is 84.6 Å². The standard InChI is InChI=1S/C20H16N2O/c1-2-15-9-11-16(12-10-15)14-22-18-7-4-3-6-17(18)21-20(22)19-8-5-13-23-19/h2-13H,1,14H2. The van der Waals surface area contributed by atoms with E-state index in [4.69, 9.17) is 9.40 Å². The largest absolute Gasteiger partial charge is 0.461 e. The highest BCUT2D eigenvalue weighted by molar-refractivity contribution is 5.79. The van der Waals surface area contributed by atoms with E-state index in [2.05, 4.69) is 41.5 Å². The van der Waals surface area contributed by atoms with Gasteiger partial charge in [-0.15, -0.1) is 0 Å². The average Bonchev–Trinajstić information content (AvgIpc) is 3.24. The summed E-state index contributed by atoms with van der Waals surface area (Å²) in [6.07, 6.45) is 3.53. The number of furan rings is 1. The van der Waals surface area contributed by atoms with Gasteiger partial charge in [-0.05, 0) is 35.4 Å². The monoisotopic (exact) mass is 300 g/mol. The van der Waals surface area contributed by atoms with Gasteiger partial charge < -0.3 is 8.98 Å². The van der Waals surface area contributed by atoms with Gasteiger partial charge in [0.15, 0.2) is 11.6 Å². The minimum absolute atomic E-state index is 0.744. The van der Waals surface area contributed by atoms with E-state index in [1.165, 1.54) is 5.56 Å². The van der Waals surface area contributed by atoms with Gasteiger partial charge in [0.25, 0.3) is 0 Å². The average molecular weight is 300 g/mol. The Kier molecular flexibility index (Phi) is 3.31. The van der Waals surface area contributed by atoms with Crippen LogP contribution < -0.4 is 0 Å². The molecule has 0 saturated heterocycles. The summed E-state index contributed by atoms with van der Waals surface area (Å²) in [5.74, 6) is 1.63. The zero-order valence-electron chi connectivity index (χ0n) is 12.6. The highest BCUT2D eigenvalue weighted by Gasteiger charge is 2.14. The van der Waals surface area contributed by atoms with Crippen LogP contribution in [-0.4, -0.2) is 9.55 Å². The van der Waals surface area contributed by atoms with Crippen LogP contribution in [0, 0.1) is 0 Å². The molecular weight excluding hydrogens is 284 g/mol. The van der Waals surface area contributed by atoms with Gasteiger partial charge in [0.1, 0.15) is 0 Å². The summed E-state index contributed by atoms with van der Waals surface area (Å²) >= 11 is 0. The predicted molar refractivity (Wildman–Crippen MR) is 93.1 cm³/mol. The smallest absolute Gasteiger partial charge is 0.177 e. The summed E-state index contributed by atoms with van der Waals surface area (Å²) in [5.41, 5.74) is 4.41. The minimum Gasteiger partial charge on any atom is -0.461 e. The zero-order chi connectivity index (χ0) is 15.6. The van der Waals surface area contributed by atoms with Gasteiger partial charge in [-0.2, -0.15) is 0 Å². The quantitative estimate of drug-likeness (QED) is 0.532. The number of para-hydroxylation sites is 2. The van der Waals surface area contributed by atoms with E-state index in [0.717, 1.165) is 34.7 Å². The lowest BCUT2D eigenvalue weighted by Gasteiger charge is -2.08. The number of benzene rings is 2. The molecule has 0 bridgehead atoms. The number of nitrogens with zero attached hydrogens (tertiary/aromatic N) is 2. The maximum atomic E-state index is 5.57. The molecule has 3 heteroatoms. The number of fused-ring (bicyclic) bond motifs is 1. The Bertz CT molecular complexity index is 947. The Labute approximate surface area is 134 Å². The third kappa shape index (κ3) is 2.46. The molecule has 3 nitrogen and oxygen atoms in total. The second-order valence-corrected chi connectivity index (χ2v) is 5.43. The lowest BCUT2D eigenvalue weighted by Crippen LogP contribution is -2.01. The summed E-state index contributed by atoms with van der Waals surface area (Å²) in [4.78, 5) is 4.74. The van der Waals surface area contributed by atoms with Crippen LogP contribution in [0.2, 0.25) is 0 Å². The summed E-state index contributed by atoms with van der Waals surface area (Å²) < 4.78 is 7.76. The molecule has 2 aromatic heterocycles. The highest BCUT2D eigenvalue weighted by atomic mass is 16.3. The molecule has 0 radical (unpaired) electrons. The zero-order valence-corrected chi connectivity index (χ0v) is 12.6. The number of imidazole rings is 1. The molecule has 0 unspecified atom stereocenters. The number of hydrogen-bond acceptors (Lipinski definition) is 2. The van der Waals surface area contributed by atoms with Crippen molar-refractivity contribution in [1.82, 2.24) is 9.55 Å². The van der Waals surface area contributed by atoms with Crippen molar-refractivity contribution in [2.24, 2.45) is 0 Å². The van der Waals surface area contributed by atoms with Gasteiger partial charge in [0.05, 0.1) is 17.3 Å². The van der Waals surface area contributed by atoms with Crippen molar-refractivity contribution in [3.8, 4) is 11.6 Å². The van der Waals surface area contributed by atoms with E-state index in [0.29, 0.717) is 0 Å². The van der Waals surface area contributed by atoms with Crippen molar-refractivity contribution in [1.29, 1.82) is 0 Å². The molecule has 2 aromatic carbocycles. The molecule has 0 aliphatic rings. The lowest BCUT2D eigenvalue weighted by atomic mass is 10.1. The van der Waals surface area contributed by atoms with Crippen molar-refractivity contribution in [2.75, 3.05) is 0 Å². The van der Waals surface area contributed by atoms with Gasteiger partial charge >= 0.3 is 0 Å². The number of aromatic nitrogens is 2. The van der Waals surface area contributed by atoms with E-state index in [-0.39, 0.29) is 0 Å². The first-order chi connectivity index (χ1) is 11.3. The van der Waals surface area contributed by atoms with Crippen LogP contribution in [0.4, 0.5) is 0 Å². The fourth-order valence-electron chi connectivity index (χ4n) is 2.77. The first-order valence-electron chi connectivity index (χ1n) is 7.56. The molecule has 0 fully saturated rings. The number of rotatable bonds is 4. The Balaban J connectivity index is 1.83. The maximum Gasteiger partial charge on any atom is 0.177 e. The molecule has 0 atom stereocenters. The highest BCUT2D eigenvalue weighted by Crippen LogP contribution is 2.26. The van der Waals surface area contributed by atoms with Crippen LogP contribution in [0.15, 0.2) is 77.9 Å². The molecule has 23 heavy (non-hydrogen) atoms. The molecule has 4 rings (SSSR count). The molecule has 4 aromatic rings. The summed E-state index contributed by atoms with van der Waals surface area (Å²) in [6.45, 7) is 4.54. The molecular formula is C20H16N2O. The van der Waals surface area contributed by atoms with E-state index in [1.54, 1.807) is 6.26 Å². The minimum atomic E-state index is 0.744. The Hall–Kier alpha value is -3.07. The molecule has 0 amide bonds. The summed E-state index contributed by atoms with van der Waals surface area (Å²) in [5, 5.41) is 0. The topological polar surface area (TPSA) is 31.0 Å². The van der Waals surface area contributed by atoms with E-state index in [1.807, 2.05) is 36.4 Å². The van der Waals surface area contributed by atoms with Crippen LogP contribution in [0.25, 0.3) is 28.7 Å². The van der Waals surface area contributed by atoms with Crippen LogP contribution in [0.5, 0.6) is 0 Å². The first kappa shape index (κ1) is 13.6. The molecule has 0 N–H and O–H groups in total. The first-order valence-corrected chi connectivity index (χ1v) is 7.56. The number of hydrogen-bond donors (Lipinski definition) is 0. The molecule has 0 spiro atoms. The molecule has 0 saturated carbocycles. The normalized spacial score (nSPS) is 11.0. The molecule has 2 heterocycles. The van der Waals surface area contributed by atoms with Gasteiger partial charge in [0.2, 0.25) is 0 Å². The lowest BCUT2D eigenvalue weighted by molar-refractivity contribution is 0.572. The van der Waals surface area contributed by atoms with Crippen LogP contribution in [0.3, 0.4) is 0 Å². The molecule has 0 aliphatic carbocycles. The van der Waals surface area contributed by atoms with E-state index >= 15 is 0 Å². The van der Waals surface area contributed by atoms with Crippen molar-refractivity contribution < 1.29 is 4.42 Å². The van der Waals surface area contributed by atoms with Gasteiger partial charge in [-0.1, -0.05) is 49.1 Å². The van der Waals surface area contributed by atoms with Gasteiger partial charge in [-0.3, -0.25) is 0 Å². The predicted octanol–water partition coefficient (Wildman–Crippen LogP) is 4.99. The second-order valence-electron chi connectivity index (χ2n) is 5.43. The SMILES string of the molecule is C=Cc1ccc(Cn2c(-c3ccco3)nc3ccccc32)cc1. The van der Waals surface area contributed by atoms with E-state index < -0.39 is 0 Å². The fraction of sp³-hybridized carbons (Fsp3) is 0.0500. The van der Waals surface area contributed by atoms with Crippen molar-refractivity contribution in [3.63, 3.8) is 0 Å². The van der Waals surface area contributed by atoms with Crippen molar-refractivity contribution in [2.45, 2.75) is 6.54 Å². The van der Waals surface area contributed by atoms with Crippen LogP contribution >= 0.6 is 0 Å². The van der Waals surface area contributed by atoms with Gasteiger partial charge in [0, 0.05) is 6.54 Å². The summed E-state index contributed by atoms with van der Waals surface area (Å²) in [6, 6.07) is 20.4. The second kappa shape index (κ2) is 5.61. The van der Waals surface area contributed by atoms with E-state index in [9.17, 15) is 0 Å². The third-order valence-corrected chi connectivity index (χ3v) is 3.95. The van der Waals surface area contributed by atoms with Crippen LogP contribution in [0.1, 0.15) is 11.1 Å². The van der Waals surface area contributed by atoms with Crippen LogP contribution in [-0.2, 0) is 6.54 Å². The van der Waals surface area contributed by atoms with Crippen molar-refractivity contribution >= 4 is 17.1 Å². The van der Waals surface area contributed by atoms with Gasteiger partial charge in [-0.25, -0.2) is 4.98 Å². The Morgan fingerprint density at radius 3 is 2.57 bits per heavy atom. The Morgan fingerprint density at radius 1 is 1.00 bits per heavy atom. The molecule has 0 aliphatic heterocycles. The third-order valence-electron chi connectivity index (χ3n) is 3.95. The maximum absolute atomic E-state index is 5.57. The Morgan fingerprint density at radius 2 is 1.83 bits per heavy atom. The fourth-order valence-corrected chi connectivity index (χ4v) is 2.77.